The predicted octanol–water partition coefficient (Wildman–Crippen LogP) is -0.0435. The minimum absolute atomic E-state index is 0.0131. The molecule has 55 heavy (non-hydrogen) atoms. The Balaban J connectivity index is 1.70. The molecule has 5 atom stereocenters. The first-order chi connectivity index (χ1) is 26.4. The second-order valence-electron chi connectivity index (χ2n) is 13.4. The SMILES string of the molecule is C=CCN1CC#CCN(NC(=O)[C@H](C)N)C(=O)N[C@@H](C)C(=O)N[C@@H](Cc2c[nH]c3ccccc23)C(=O)N[C@H](Cc2ccccc2)C(=O)N[C@H](C(N)=O)CCC1. The second kappa shape index (κ2) is 20.3. The number of carbonyl (C=O) groups is 6. The molecular weight excluding hydrogens is 704 g/mol. The highest BCUT2D eigenvalue weighted by Gasteiger charge is 2.32. The summed E-state index contributed by atoms with van der Waals surface area (Å²) in [5, 5.41) is 12.6. The van der Waals surface area contributed by atoms with E-state index in [0.29, 0.717) is 25.1 Å². The van der Waals surface area contributed by atoms with Crippen LogP contribution in [0.5, 0.6) is 0 Å². The molecule has 10 N–H and O–H groups in total. The van der Waals surface area contributed by atoms with Gasteiger partial charge in [-0.25, -0.2) is 9.80 Å². The number of urea groups is 1. The van der Waals surface area contributed by atoms with Gasteiger partial charge in [0.25, 0.3) is 5.91 Å². The molecule has 3 aromatic rings. The zero-order valence-electron chi connectivity index (χ0n) is 31.1. The summed E-state index contributed by atoms with van der Waals surface area (Å²) >= 11 is 0. The van der Waals surface area contributed by atoms with E-state index in [2.05, 4.69) is 50.1 Å². The van der Waals surface area contributed by atoms with Gasteiger partial charge in [-0.2, -0.15) is 0 Å². The van der Waals surface area contributed by atoms with Crippen LogP contribution in [0.25, 0.3) is 10.9 Å². The number of rotatable bonds is 9. The Bertz CT molecular complexity index is 1900. The predicted molar refractivity (Wildman–Crippen MR) is 207 cm³/mol. The number of hydrogen-bond donors (Lipinski definition) is 8. The molecule has 0 radical (unpaired) electrons. The van der Waals surface area contributed by atoms with Crippen molar-refractivity contribution < 1.29 is 28.8 Å². The van der Waals surface area contributed by atoms with Gasteiger partial charge in [0.2, 0.25) is 23.6 Å². The Hall–Kier alpha value is -6.18. The van der Waals surface area contributed by atoms with Crippen LogP contribution in [-0.2, 0) is 36.8 Å². The maximum absolute atomic E-state index is 14.2. The average Bonchev–Trinajstić information content (AvgIpc) is 3.57. The third kappa shape index (κ3) is 12.4. The van der Waals surface area contributed by atoms with Crippen molar-refractivity contribution in [3.05, 3.63) is 84.6 Å². The molecule has 0 fully saturated rings. The molecule has 16 heteroatoms. The van der Waals surface area contributed by atoms with Crippen molar-refractivity contribution in [2.75, 3.05) is 26.2 Å². The summed E-state index contributed by atoms with van der Waals surface area (Å²) in [4.78, 5) is 85.4. The minimum Gasteiger partial charge on any atom is -0.368 e. The van der Waals surface area contributed by atoms with Gasteiger partial charge < -0.3 is 37.7 Å². The number of nitrogens with two attached hydrogens (primary N) is 2. The number of fused-ring (bicyclic) bond motifs is 1. The van der Waals surface area contributed by atoms with Crippen molar-refractivity contribution >= 4 is 46.5 Å². The third-order valence-electron chi connectivity index (χ3n) is 8.96. The van der Waals surface area contributed by atoms with Gasteiger partial charge in [-0.3, -0.25) is 34.3 Å². The molecule has 0 saturated carbocycles. The molecule has 0 bridgehead atoms. The summed E-state index contributed by atoms with van der Waals surface area (Å²) in [5.41, 5.74) is 16.2. The van der Waals surface area contributed by atoms with Crippen LogP contribution in [0, 0.1) is 11.8 Å². The fraction of sp³-hybridized carbons (Fsp3) is 0.385. The first kappa shape index (κ1) is 41.6. The van der Waals surface area contributed by atoms with Gasteiger partial charge in [0.05, 0.1) is 12.6 Å². The zero-order valence-corrected chi connectivity index (χ0v) is 31.1. The number of nitrogens with zero attached hydrogens (tertiary/aromatic N) is 2. The van der Waals surface area contributed by atoms with Gasteiger partial charge in [-0.1, -0.05) is 66.4 Å². The molecule has 0 saturated heterocycles. The molecule has 0 spiro atoms. The number of aromatic amines is 1. The lowest BCUT2D eigenvalue weighted by Gasteiger charge is -2.27. The third-order valence-corrected chi connectivity index (χ3v) is 8.96. The fourth-order valence-electron chi connectivity index (χ4n) is 5.88. The van der Waals surface area contributed by atoms with Crippen LogP contribution in [0.1, 0.15) is 37.8 Å². The molecule has 7 amide bonds. The Morgan fingerprint density at radius 3 is 2.29 bits per heavy atom. The van der Waals surface area contributed by atoms with Crippen molar-refractivity contribution in [2.24, 2.45) is 11.5 Å². The molecule has 4 rings (SSSR count). The van der Waals surface area contributed by atoms with E-state index in [4.69, 9.17) is 11.5 Å². The minimum atomic E-state index is -1.23. The summed E-state index contributed by atoms with van der Waals surface area (Å²) in [7, 11) is 0. The summed E-state index contributed by atoms with van der Waals surface area (Å²) in [5.74, 6) is 2.41. The summed E-state index contributed by atoms with van der Waals surface area (Å²) in [6.45, 7) is 7.57. The summed E-state index contributed by atoms with van der Waals surface area (Å²) in [6, 6.07) is 10.0. The van der Waals surface area contributed by atoms with E-state index in [1.165, 1.54) is 13.8 Å². The summed E-state index contributed by atoms with van der Waals surface area (Å²) in [6.07, 6.45) is 4.14. The molecule has 1 aliphatic heterocycles. The van der Waals surface area contributed by atoms with E-state index >= 15 is 0 Å². The van der Waals surface area contributed by atoms with Gasteiger partial charge in [0.1, 0.15) is 30.7 Å². The maximum Gasteiger partial charge on any atom is 0.337 e. The number of aromatic nitrogens is 1. The van der Waals surface area contributed by atoms with Crippen molar-refractivity contribution in [2.45, 2.75) is 69.7 Å². The summed E-state index contributed by atoms with van der Waals surface area (Å²) < 4.78 is 0. The first-order valence-electron chi connectivity index (χ1n) is 18.1. The van der Waals surface area contributed by atoms with E-state index in [1.54, 1.807) is 36.5 Å². The van der Waals surface area contributed by atoms with E-state index < -0.39 is 65.8 Å². The largest absolute Gasteiger partial charge is 0.368 e. The van der Waals surface area contributed by atoms with Crippen LogP contribution in [-0.4, -0.2) is 107 Å². The molecule has 16 nitrogen and oxygen atoms in total. The number of primary amides is 1. The van der Waals surface area contributed by atoms with Gasteiger partial charge in [0.15, 0.2) is 0 Å². The van der Waals surface area contributed by atoms with Crippen molar-refractivity contribution in [3.8, 4) is 11.8 Å². The Morgan fingerprint density at radius 1 is 0.927 bits per heavy atom. The number of amides is 7. The number of carbonyl (C=O) groups excluding carboxylic acids is 6. The van der Waals surface area contributed by atoms with Crippen LogP contribution >= 0.6 is 0 Å². The van der Waals surface area contributed by atoms with E-state index in [-0.39, 0.29) is 32.4 Å². The molecule has 292 valence electrons. The molecular formula is C39H50N10O6. The number of hydrogen-bond acceptors (Lipinski definition) is 8. The molecule has 1 aliphatic rings. The molecule has 2 aromatic carbocycles. The van der Waals surface area contributed by atoms with Crippen molar-refractivity contribution in [1.29, 1.82) is 0 Å². The fourth-order valence-corrected chi connectivity index (χ4v) is 5.88. The van der Waals surface area contributed by atoms with E-state index in [1.807, 2.05) is 35.2 Å². The van der Waals surface area contributed by atoms with Crippen molar-refractivity contribution in [1.82, 2.24) is 41.6 Å². The molecule has 0 unspecified atom stereocenters. The van der Waals surface area contributed by atoms with Gasteiger partial charge in [-0.15, -0.1) is 6.58 Å². The number of nitrogens with one attached hydrogen (secondary N) is 6. The van der Waals surface area contributed by atoms with Gasteiger partial charge >= 0.3 is 6.03 Å². The maximum atomic E-state index is 14.2. The highest BCUT2D eigenvalue weighted by molar-refractivity contribution is 5.96. The van der Waals surface area contributed by atoms with Crippen molar-refractivity contribution in [3.63, 3.8) is 0 Å². The lowest BCUT2D eigenvalue weighted by Crippen LogP contribution is -2.60. The van der Waals surface area contributed by atoms with E-state index in [9.17, 15) is 28.8 Å². The standard InChI is InChI=1S/C39H50N10O6/c1-4-18-48-19-10-11-21-49(47-35(51)25(2)40)39(55)43-26(3)36(52)45-33(23-28-24-42-30-16-9-8-15-29(28)30)38(54)46-32(22-27-13-6-5-7-14-27)37(53)44-31(34(41)50)17-12-20-48/h4-9,13-16,24-26,31-33,42H,1,12,17-23,40H2,2-3H3,(H2,41,50)(H,43,55)(H,44,53)(H,45,52)(H,46,54)(H,47,51)/t25-,26-,31-,32+,33-/m0/s1. The monoisotopic (exact) mass is 754 g/mol. The molecule has 2 heterocycles. The average molecular weight is 755 g/mol. The number of benzene rings is 2. The quantitative estimate of drug-likeness (QED) is 0.109. The normalized spacial score (nSPS) is 21.7. The Kier molecular flexibility index (Phi) is 15.4. The van der Waals surface area contributed by atoms with Crippen LogP contribution < -0.4 is 38.2 Å². The zero-order chi connectivity index (χ0) is 39.9. The smallest absolute Gasteiger partial charge is 0.337 e. The van der Waals surface area contributed by atoms with Crippen LogP contribution in [0.2, 0.25) is 0 Å². The Labute approximate surface area is 320 Å². The number of para-hydroxylation sites is 1. The van der Waals surface area contributed by atoms with Crippen LogP contribution in [0.3, 0.4) is 0 Å². The van der Waals surface area contributed by atoms with Crippen LogP contribution in [0.15, 0.2) is 73.4 Å². The topological polar surface area (TPSA) is 237 Å². The molecule has 0 aliphatic carbocycles. The van der Waals surface area contributed by atoms with Gasteiger partial charge in [-0.05, 0) is 50.4 Å². The molecule has 1 aromatic heterocycles. The van der Waals surface area contributed by atoms with E-state index in [0.717, 1.165) is 21.5 Å². The number of H-pyrrole nitrogens is 1. The second-order valence-corrected chi connectivity index (χ2v) is 13.4. The van der Waals surface area contributed by atoms with Gasteiger partial charge in [0, 0.05) is 36.5 Å². The van der Waals surface area contributed by atoms with Crippen LogP contribution in [0.4, 0.5) is 4.79 Å². The lowest BCUT2D eigenvalue weighted by atomic mass is 10.0. The number of hydrazine groups is 1. The highest BCUT2D eigenvalue weighted by Crippen LogP contribution is 2.19. The highest BCUT2D eigenvalue weighted by atomic mass is 16.2. The first-order valence-corrected chi connectivity index (χ1v) is 18.1. The Morgan fingerprint density at radius 2 is 1.58 bits per heavy atom. The lowest BCUT2D eigenvalue weighted by molar-refractivity contribution is -0.133.